The molecule has 1 aromatic heterocycles. The number of para-hydroxylation sites is 1. The second-order valence-electron chi connectivity index (χ2n) is 9.16. The molecule has 1 aliphatic heterocycles. The third-order valence-electron chi connectivity index (χ3n) is 6.97. The topological polar surface area (TPSA) is 84.4 Å². The zero-order chi connectivity index (χ0) is 29.8. The fraction of sp³-hybridized carbons (Fsp3) is 0.0741. The molecule has 41 heavy (non-hydrogen) atoms. The van der Waals surface area contributed by atoms with Crippen LogP contribution in [0.3, 0.4) is 0 Å². The van der Waals surface area contributed by atoms with Crippen molar-refractivity contribution >= 4 is 150 Å². The van der Waals surface area contributed by atoms with Crippen LogP contribution in [-0.4, -0.2) is 28.4 Å². The van der Waals surface area contributed by atoms with Crippen molar-refractivity contribution in [3.05, 3.63) is 95.8 Å². The molecule has 3 aromatic carbocycles. The summed E-state index contributed by atoms with van der Waals surface area (Å²) in [5, 5.41) is 0.000162. The Labute approximate surface area is 285 Å². The van der Waals surface area contributed by atoms with Gasteiger partial charge in [-0.25, -0.2) is 9.88 Å². The predicted octanol–water partition coefficient (Wildman–Crippen LogP) is 10.2. The standard InChI is InChI=1S/C27H8Br4Cl4N2O4/c1-6-5-8(10-24(38)13-14(25(10)39)20(33)22(35)21(34)19(13)32)36-23-7(6)3-2-4-9(23)37-26(40)11-12(27(37)41)16(29)18(31)17(30)15(11)28/h2-5,10H,1H3. The summed E-state index contributed by atoms with van der Waals surface area (Å²) in [6, 6.07) is 6.64. The maximum Gasteiger partial charge on any atom is 0.267 e. The number of nitrogens with zero attached hydrogens (tertiary/aromatic N) is 2. The molecule has 2 aliphatic rings. The molecule has 0 atom stereocenters. The van der Waals surface area contributed by atoms with Gasteiger partial charge in [0.25, 0.3) is 11.8 Å². The Hall–Kier alpha value is -1.37. The first-order valence-electron chi connectivity index (χ1n) is 11.4. The van der Waals surface area contributed by atoms with Crippen molar-refractivity contribution in [1.82, 2.24) is 4.98 Å². The third-order valence-corrected chi connectivity index (χ3v) is 13.5. The number of aromatic nitrogens is 1. The Kier molecular flexibility index (Phi) is 7.51. The lowest BCUT2D eigenvalue weighted by molar-refractivity contribution is 0.0882. The number of carbonyl (C=O) groups is 4. The van der Waals surface area contributed by atoms with Gasteiger partial charge in [-0.05, 0) is 88.3 Å². The lowest BCUT2D eigenvalue weighted by Gasteiger charge is -2.18. The minimum Gasteiger partial charge on any atom is -0.293 e. The fourth-order valence-electron chi connectivity index (χ4n) is 5.10. The van der Waals surface area contributed by atoms with Gasteiger partial charge in [-0.15, -0.1) is 0 Å². The van der Waals surface area contributed by atoms with Crippen molar-refractivity contribution < 1.29 is 19.2 Å². The van der Waals surface area contributed by atoms with E-state index in [4.69, 9.17) is 46.4 Å². The van der Waals surface area contributed by atoms with E-state index in [1.165, 1.54) is 0 Å². The SMILES string of the molecule is Cc1cc(C2C(=O)c3c(Cl)c(Cl)c(Cl)c(Cl)c3C2=O)nc2c(N3C(=O)c4c(Br)c(Br)c(Br)c(Br)c4C3=O)cccc12. The van der Waals surface area contributed by atoms with Crippen molar-refractivity contribution in [2.75, 3.05) is 4.90 Å². The molecule has 0 bridgehead atoms. The molecule has 2 amide bonds. The summed E-state index contributed by atoms with van der Waals surface area (Å²) in [6.07, 6.45) is 0. The molecule has 0 saturated carbocycles. The zero-order valence-corrected chi connectivity index (χ0v) is 29.3. The average Bonchev–Trinajstić information content (AvgIpc) is 3.36. The van der Waals surface area contributed by atoms with Crippen molar-refractivity contribution in [2.24, 2.45) is 0 Å². The first-order valence-corrected chi connectivity index (χ1v) is 16.1. The van der Waals surface area contributed by atoms with Gasteiger partial charge in [0, 0.05) is 23.3 Å². The van der Waals surface area contributed by atoms with Crippen LogP contribution in [0.25, 0.3) is 10.9 Å². The number of ketones is 2. The van der Waals surface area contributed by atoms with Gasteiger partial charge in [0.05, 0.1) is 59.2 Å². The van der Waals surface area contributed by atoms with E-state index in [-0.39, 0.29) is 59.2 Å². The van der Waals surface area contributed by atoms with Gasteiger partial charge in [-0.1, -0.05) is 58.5 Å². The number of carbonyl (C=O) groups excluding carboxylic acids is 4. The van der Waals surface area contributed by atoms with Crippen LogP contribution in [0.15, 0.2) is 42.2 Å². The average molecular weight is 886 g/mol. The number of imide groups is 1. The molecule has 0 spiro atoms. The van der Waals surface area contributed by atoms with Crippen LogP contribution in [0.5, 0.6) is 0 Å². The first kappa shape index (κ1) is 29.7. The van der Waals surface area contributed by atoms with E-state index in [0.717, 1.165) is 4.90 Å². The Morgan fingerprint density at radius 1 is 0.707 bits per heavy atom. The highest BCUT2D eigenvalue weighted by Crippen LogP contribution is 2.49. The molecule has 1 aliphatic carbocycles. The highest BCUT2D eigenvalue weighted by molar-refractivity contribution is 9.15. The molecule has 0 radical (unpaired) electrons. The lowest BCUT2D eigenvalue weighted by atomic mass is 9.96. The minimum atomic E-state index is -1.39. The van der Waals surface area contributed by atoms with Gasteiger partial charge < -0.3 is 0 Å². The smallest absolute Gasteiger partial charge is 0.267 e. The number of hydrogen-bond donors (Lipinski definition) is 0. The Morgan fingerprint density at radius 3 is 1.68 bits per heavy atom. The second-order valence-corrected chi connectivity index (χ2v) is 13.8. The van der Waals surface area contributed by atoms with E-state index in [9.17, 15) is 19.2 Å². The van der Waals surface area contributed by atoms with E-state index in [0.29, 0.717) is 28.8 Å². The van der Waals surface area contributed by atoms with Crippen molar-refractivity contribution in [3.8, 4) is 0 Å². The molecule has 0 saturated heterocycles. The Morgan fingerprint density at radius 2 is 1.20 bits per heavy atom. The summed E-state index contributed by atoms with van der Waals surface area (Å²) in [6.45, 7) is 1.77. The van der Waals surface area contributed by atoms with E-state index >= 15 is 0 Å². The molecule has 0 N–H and O–H groups in total. The molecule has 4 aromatic rings. The van der Waals surface area contributed by atoms with E-state index < -0.39 is 29.3 Å². The van der Waals surface area contributed by atoms with E-state index in [1.54, 1.807) is 31.2 Å². The number of halogens is 8. The van der Waals surface area contributed by atoms with Gasteiger partial charge in [-0.3, -0.25) is 19.2 Å². The van der Waals surface area contributed by atoms with Gasteiger partial charge in [0.2, 0.25) is 0 Å². The summed E-state index contributed by atoms with van der Waals surface area (Å²) in [5.74, 6) is -3.81. The van der Waals surface area contributed by atoms with Crippen LogP contribution >= 0.6 is 110 Å². The quantitative estimate of drug-likeness (QED) is 0.0867. The molecule has 14 heteroatoms. The first-order chi connectivity index (χ1) is 19.3. The summed E-state index contributed by atoms with van der Waals surface area (Å²) in [5.41, 5.74) is 1.25. The van der Waals surface area contributed by atoms with E-state index in [2.05, 4.69) is 68.7 Å². The third kappa shape index (κ3) is 4.09. The van der Waals surface area contributed by atoms with Crippen LogP contribution < -0.4 is 4.90 Å². The number of Topliss-reactive ketones (excluding diaryl/α,β-unsaturated/α-hetero) is 2. The summed E-state index contributed by atoms with van der Waals surface area (Å²) in [7, 11) is 0. The molecule has 2 heterocycles. The lowest BCUT2D eigenvalue weighted by Crippen LogP contribution is -2.30. The number of rotatable bonds is 2. The summed E-state index contributed by atoms with van der Waals surface area (Å²) in [4.78, 5) is 60.3. The van der Waals surface area contributed by atoms with Crippen LogP contribution in [0, 0.1) is 6.92 Å². The normalized spacial score (nSPS) is 15.0. The van der Waals surface area contributed by atoms with Crippen molar-refractivity contribution in [2.45, 2.75) is 12.8 Å². The number of aryl methyl sites for hydroxylation is 1. The van der Waals surface area contributed by atoms with Gasteiger partial charge in [-0.2, -0.15) is 0 Å². The number of benzene rings is 3. The highest BCUT2D eigenvalue weighted by Gasteiger charge is 2.46. The molecule has 6 nitrogen and oxygen atoms in total. The van der Waals surface area contributed by atoms with Crippen molar-refractivity contribution in [3.63, 3.8) is 0 Å². The second kappa shape index (κ2) is 10.4. The fourth-order valence-corrected chi connectivity index (χ4v) is 8.59. The number of amides is 2. The number of pyridine rings is 1. The van der Waals surface area contributed by atoms with Crippen molar-refractivity contribution in [1.29, 1.82) is 0 Å². The summed E-state index contributed by atoms with van der Waals surface area (Å²) < 4.78 is 1.91. The van der Waals surface area contributed by atoms with E-state index in [1.807, 2.05) is 0 Å². The number of anilines is 1. The minimum absolute atomic E-state index is 0.0949. The van der Waals surface area contributed by atoms with Gasteiger partial charge >= 0.3 is 0 Å². The zero-order valence-electron chi connectivity index (χ0n) is 19.9. The molecule has 206 valence electrons. The number of fused-ring (bicyclic) bond motifs is 3. The Bertz CT molecular complexity index is 1910. The largest absolute Gasteiger partial charge is 0.293 e. The van der Waals surface area contributed by atoms with Gasteiger partial charge in [0.1, 0.15) is 5.92 Å². The molecular formula is C27H8Br4Cl4N2O4. The monoisotopic (exact) mass is 880 g/mol. The molecule has 0 unspecified atom stereocenters. The molecular weight excluding hydrogens is 878 g/mol. The summed E-state index contributed by atoms with van der Waals surface area (Å²) >= 11 is 38.7. The maximum absolute atomic E-state index is 13.7. The Balaban J connectivity index is 1.55. The molecule has 0 fully saturated rings. The maximum atomic E-state index is 13.7. The predicted molar refractivity (Wildman–Crippen MR) is 173 cm³/mol. The van der Waals surface area contributed by atoms with Crippen LogP contribution in [-0.2, 0) is 0 Å². The van der Waals surface area contributed by atoms with Crippen LogP contribution in [0.1, 0.15) is 58.6 Å². The van der Waals surface area contributed by atoms with Crippen LogP contribution in [0.4, 0.5) is 5.69 Å². The van der Waals surface area contributed by atoms with Gasteiger partial charge in [0.15, 0.2) is 11.6 Å². The van der Waals surface area contributed by atoms with Crippen LogP contribution in [0.2, 0.25) is 20.1 Å². The highest BCUT2D eigenvalue weighted by atomic mass is 79.9. The molecule has 6 rings (SSSR count). The number of hydrogen-bond acceptors (Lipinski definition) is 5.